The molecule has 3 aliphatic carbocycles. The van der Waals surface area contributed by atoms with Crippen molar-refractivity contribution in [1.82, 2.24) is 0 Å². The minimum absolute atomic E-state index is 0.0134. The molecule has 25 heavy (non-hydrogen) atoms. The lowest BCUT2D eigenvalue weighted by molar-refractivity contribution is -0.218. The fourth-order valence-corrected chi connectivity index (χ4v) is 6.58. The number of rotatable bonds is 2. The zero-order chi connectivity index (χ0) is 18.6. The van der Waals surface area contributed by atoms with Crippen LogP contribution in [0.15, 0.2) is 11.6 Å². The summed E-state index contributed by atoms with van der Waals surface area (Å²) >= 11 is 0. The Hall–Kier alpha value is -0.870. The number of methoxy groups -OCH3 is 1. The highest BCUT2D eigenvalue weighted by Gasteiger charge is 2.64. The van der Waals surface area contributed by atoms with Gasteiger partial charge in [0.15, 0.2) is 0 Å². The number of aliphatic hydroxyl groups is 2. The lowest BCUT2D eigenvalue weighted by Gasteiger charge is -2.63. The second kappa shape index (κ2) is 6.09. The molecule has 0 unspecified atom stereocenters. The Kier molecular flexibility index (Phi) is 4.61. The van der Waals surface area contributed by atoms with Crippen LogP contribution in [-0.2, 0) is 9.53 Å². The highest BCUT2D eigenvalue weighted by molar-refractivity contribution is 5.77. The number of carbonyl (C=O) groups is 1. The zero-order valence-corrected chi connectivity index (χ0v) is 16.3. The molecule has 2 fully saturated rings. The van der Waals surface area contributed by atoms with Gasteiger partial charge in [-0.15, -0.1) is 0 Å². The molecule has 3 rings (SSSR count). The Labute approximate surface area is 151 Å². The molecule has 0 radical (unpaired) electrons. The Morgan fingerprint density at radius 2 is 1.92 bits per heavy atom. The predicted octanol–water partition coefficient (Wildman–Crippen LogP) is 3.46. The van der Waals surface area contributed by atoms with Crippen molar-refractivity contribution in [2.45, 2.75) is 77.9 Å². The molecule has 0 amide bonds. The standard InChI is InChI=1S/C21H34O4/c1-13(2)14-7-8-16-19(3)10-6-11-20(4,18(23)25-5)15(19)9-12-21(16,24)17(14)22/h7,13,15-17,22,24H,6,8-12H2,1-5H3/t15-,16+,17-,19-,20-,21-/m1/s1. The molecule has 142 valence electrons. The van der Waals surface area contributed by atoms with Gasteiger partial charge in [0.05, 0.1) is 18.1 Å². The first kappa shape index (κ1) is 18.9. The van der Waals surface area contributed by atoms with Gasteiger partial charge in [0.2, 0.25) is 0 Å². The van der Waals surface area contributed by atoms with E-state index in [2.05, 4.69) is 26.8 Å². The molecule has 2 saturated carbocycles. The van der Waals surface area contributed by atoms with Crippen LogP contribution < -0.4 is 0 Å². The molecule has 0 aromatic rings. The normalized spacial score (nSPS) is 46.9. The van der Waals surface area contributed by atoms with Crippen molar-refractivity contribution < 1.29 is 19.7 Å². The summed E-state index contributed by atoms with van der Waals surface area (Å²) in [4.78, 5) is 12.6. The molecule has 4 heteroatoms. The molecule has 0 bridgehead atoms. The SMILES string of the molecule is COC(=O)[C@]1(C)CCC[C@]2(C)[C@H]1CC[C@]1(O)[C@H](O)C(C(C)C)=CC[C@@H]21. The monoisotopic (exact) mass is 350 g/mol. The molecule has 3 aliphatic rings. The second-order valence-electron chi connectivity index (χ2n) is 9.40. The maximum atomic E-state index is 12.6. The molecular weight excluding hydrogens is 316 g/mol. The maximum absolute atomic E-state index is 12.6. The van der Waals surface area contributed by atoms with Gasteiger partial charge in [-0.05, 0) is 67.8 Å². The summed E-state index contributed by atoms with van der Waals surface area (Å²) in [6.45, 7) is 8.41. The van der Waals surface area contributed by atoms with E-state index in [9.17, 15) is 15.0 Å². The molecule has 0 aromatic heterocycles. The summed E-state index contributed by atoms with van der Waals surface area (Å²) < 4.78 is 5.15. The smallest absolute Gasteiger partial charge is 0.311 e. The van der Waals surface area contributed by atoms with Crippen molar-refractivity contribution >= 4 is 5.97 Å². The first-order chi connectivity index (χ1) is 11.6. The van der Waals surface area contributed by atoms with E-state index in [0.717, 1.165) is 37.7 Å². The van der Waals surface area contributed by atoms with Crippen LogP contribution in [0.2, 0.25) is 0 Å². The van der Waals surface area contributed by atoms with Gasteiger partial charge in [0.25, 0.3) is 0 Å². The molecule has 0 aromatic carbocycles. The van der Waals surface area contributed by atoms with Crippen molar-refractivity contribution in [3.63, 3.8) is 0 Å². The van der Waals surface area contributed by atoms with Crippen molar-refractivity contribution in [2.75, 3.05) is 7.11 Å². The first-order valence-corrected chi connectivity index (χ1v) is 9.80. The number of fused-ring (bicyclic) bond motifs is 3. The van der Waals surface area contributed by atoms with Gasteiger partial charge in [0.1, 0.15) is 6.10 Å². The molecule has 4 nitrogen and oxygen atoms in total. The Balaban J connectivity index is 2.02. The van der Waals surface area contributed by atoms with Gasteiger partial charge in [0, 0.05) is 0 Å². The van der Waals surface area contributed by atoms with Crippen LogP contribution >= 0.6 is 0 Å². The van der Waals surface area contributed by atoms with E-state index in [1.807, 2.05) is 6.92 Å². The molecule has 6 atom stereocenters. The number of aliphatic hydroxyl groups excluding tert-OH is 1. The lowest BCUT2D eigenvalue weighted by Crippen LogP contribution is -2.65. The van der Waals surface area contributed by atoms with E-state index in [1.54, 1.807) is 0 Å². The van der Waals surface area contributed by atoms with Crippen molar-refractivity contribution in [3.8, 4) is 0 Å². The van der Waals surface area contributed by atoms with Crippen LogP contribution in [0, 0.1) is 28.6 Å². The fraction of sp³-hybridized carbons (Fsp3) is 0.857. The van der Waals surface area contributed by atoms with Crippen molar-refractivity contribution in [3.05, 3.63) is 11.6 Å². The number of esters is 1. The topological polar surface area (TPSA) is 66.8 Å². The van der Waals surface area contributed by atoms with E-state index >= 15 is 0 Å². The van der Waals surface area contributed by atoms with Crippen LogP contribution in [0.5, 0.6) is 0 Å². The fourth-order valence-electron chi connectivity index (χ4n) is 6.58. The average Bonchev–Trinajstić information content (AvgIpc) is 2.55. The van der Waals surface area contributed by atoms with E-state index < -0.39 is 17.1 Å². The van der Waals surface area contributed by atoms with E-state index in [1.165, 1.54) is 7.11 Å². The van der Waals surface area contributed by atoms with Crippen LogP contribution in [0.25, 0.3) is 0 Å². The van der Waals surface area contributed by atoms with E-state index in [4.69, 9.17) is 4.74 Å². The van der Waals surface area contributed by atoms with Gasteiger partial charge in [-0.2, -0.15) is 0 Å². The number of allylic oxidation sites excluding steroid dienone is 1. The number of hydrogen-bond donors (Lipinski definition) is 2. The third-order valence-corrected chi connectivity index (χ3v) is 7.91. The highest BCUT2D eigenvalue weighted by Crippen LogP contribution is 2.65. The molecule has 0 saturated heterocycles. The number of ether oxygens (including phenoxy) is 1. The number of hydrogen-bond acceptors (Lipinski definition) is 4. The third kappa shape index (κ3) is 2.51. The van der Waals surface area contributed by atoms with Crippen molar-refractivity contribution in [2.24, 2.45) is 28.6 Å². The maximum Gasteiger partial charge on any atom is 0.311 e. The predicted molar refractivity (Wildman–Crippen MR) is 96.8 cm³/mol. The summed E-state index contributed by atoms with van der Waals surface area (Å²) in [5.74, 6) is 0.286. The van der Waals surface area contributed by atoms with Crippen LogP contribution in [0.4, 0.5) is 0 Å². The minimum Gasteiger partial charge on any atom is -0.469 e. The van der Waals surface area contributed by atoms with Crippen LogP contribution in [-0.4, -0.2) is 35.0 Å². The quantitative estimate of drug-likeness (QED) is 0.591. The van der Waals surface area contributed by atoms with E-state index in [0.29, 0.717) is 6.42 Å². The van der Waals surface area contributed by atoms with Crippen LogP contribution in [0.3, 0.4) is 0 Å². The Morgan fingerprint density at radius 3 is 2.52 bits per heavy atom. The lowest BCUT2D eigenvalue weighted by atomic mass is 9.43. The summed E-state index contributed by atoms with van der Waals surface area (Å²) in [5.41, 5.74) is -0.759. The van der Waals surface area contributed by atoms with E-state index in [-0.39, 0.29) is 29.1 Å². The Bertz CT molecular complexity index is 582. The van der Waals surface area contributed by atoms with Gasteiger partial charge >= 0.3 is 5.97 Å². The van der Waals surface area contributed by atoms with Gasteiger partial charge in [-0.3, -0.25) is 4.79 Å². The average molecular weight is 350 g/mol. The van der Waals surface area contributed by atoms with Gasteiger partial charge < -0.3 is 14.9 Å². The third-order valence-electron chi connectivity index (χ3n) is 7.91. The molecule has 0 heterocycles. The summed E-state index contributed by atoms with van der Waals surface area (Å²) in [6.07, 6.45) is 6.25. The molecular formula is C21H34O4. The summed E-state index contributed by atoms with van der Waals surface area (Å²) in [6, 6.07) is 0. The van der Waals surface area contributed by atoms with Crippen molar-refractivity contribution in [1.29, 1.82) is 0 Å². The number of carbonyl (C=O) groups excluding carboxylic acids is 1. The highest BCUT2D eigenvalue weighted by atomic mass is 16.5. The molecule has 0 spiro atoms. The zero-order valence-electron chi connectivity index (χ0n) is 16.3. The van der Waals surface area contributed by atoms with Gasteiger partial charge in [-0.1, -0.05) is 33.3 Å². The van der Waals surface area contributed by atoms with Crippen LogP contribution in [0.1, 0.15) is 66.2 Å². The molecule has 0 aliphatic heterocycles. The first-order valence-electron chi connectivity index (χ1n) is 9.80. The largest absolute Gasteiger partial charge is 0.469 e. The summed E-state index contributed by atoms with van der Waals surface area (Å²) in [5, 5.41) is 22.5. The molecule has 2 N–H and O–H groups in total. The minimum atomic E-state index is -1.08. The second-order valence-corrected chi connectivity index (χ2v) is 9.40. The Morgan fingerprint density at radius 1 is 1.24 bits per heavy atom. The van der Waals surface area contributed by atoms with Gasteiger partial charge in [-0.25, -0.2) is 0 Å². The summed E-state index contributed by atoms with van der Waals surface area (Å²) in [7, 11) is 1.47.